The molecule has 8 rings (SSSR count). The Bertz CT molecular complexity index is 2800. The number of rotatable bonds is 18. The summed E-state index contributed by atoms with van der Waals surface area (Å²) in [5, 5.41) is 14.3. The smallest absolute Gasteiger partial charge is 0.413 e. The number of benzene rings is 3. The van der Waals surface area contributed by atoms with Gasteiger partial charge in [0.05, 0.1) is 30.1 Å². The Kier molecular flexibility index (Phi) is 18.2. The maximum absolute atomic E-state index is 17.3. The van der Waals surface area contributed by atoms with Gasteiger partial charge in [-0.05, 0) is 118 Å². The third-order valence-electron chi connectivity index (χ3n) is 19.2. The number of Topliss-reactive ketones (excluding diaryl/α,β-unsaturated/α-hetero) is 1. The molecule has 3 aromatic carbocycles. The van der Waals surface area contributed by atoms with E-state index in [2.05, 4.69) is 41.5 Å². The lowest BCUT2D eigenvalue weighted by molar-refractivity contribution is -0.258. The zero-order chi connectivity index (χ0) is 59.3. The molecule has 12 atom stereocenters. The molecule has 2 saturated carbocycles. The highest BCUT2D eigenvalue weighted by molar-refractivity contribution is 8.01. The van der Waals surface area contributed by atoms with Crippen molar-refractivity contribution in [2.45, 2.75) is 211 Å². The second-order valence-corrected chi connectivity index (χ2v) is 35.3. The van der Waals surface area contributed by atoms with Crippen LogP contribution in [0.1, 0.15) is 144 Å². The summed E-state index contributed by atoms with van der Waals surface area (Å²) in [6.45, 7) is 26.7. The summed E-state index contributed by atoms with van der Waals surface area (Å²) >= 11 is 1.60. The summed E-state index contributed by atoms with van der Waals surface area (Å²) in [5.41, 5.74) is -5.44. The molecular formula is C63H87NO14SSi2. The molecule has 0 radical (unpaired) electrons. The van der Waals surface area contributed by atoms with E-state index in [0.717, 1.165) is 18.1 Å². The quantitative estimate of drug-likeness (QED) is 0.0549. The fraction of sp³-hybridized carbons (Fsp3) is 0.603. The molecule has 442 valence electrons. The molecule has 81 heavy (non-hydrogen) atoms. The number of fused-ring (bicyclic) bond motifs is 5. The van der Waals surface area contributed by atoms with Crippen molar-refractivity contribution in [3.05, 3.63) is 113 Å². The summed E-state index contributed by atoms with van der Waals surface area (Å²) < 4.78 is 54.2. The predicted molar refractivity (Wildman–Crippen MR) is 316 cm³/mol. The minimum atomic E-state index is -2.82. The Morgan fingerprint density at radius 3 is 1.88 bits per heavy atom. The van der Waals surface area contributed by atoms with E-state index in [1.165, 1.54) is 11.8 Å². The molecule has 3 aliphatic carbocycles. The van der Waals surface area contributed by atoms with Crippen LogP contribution < -0.4 is 4.74 Å². The Morgan fingerprint density at radius 1 is 0.790 bits per heavy atom. The Balaban J connectivity index is 1.38. The van der Waals surface area contributed by atoms with Gasteiger partial charge in [0.1, 0.15) is 46.9 Å². The summed E-state index contributed by atoms with van der Waals surface area (Å²) in [6.07, 6.45) is -8.31. The average molecular weight is 1170 g/mol. The molecule has 2 aliphatic heterocycles. The highest BCUT2D eigenvalue weighted by Gasteiger charge is 2.78. The highest BCUT2D eigenvalue weighted by atomic mass is 32.2. The lowest BCUT2D eigenvalue weighted by Gasteiger charge is -2.69. The van der Waals surface area contributed by atoms with Crippen molar-refractivity contribution < 1.29 is 66.4 Å². The number of carbonyl (C=O) groups excluding carboxylic acids is 5. The topological polar surface area (TPSA) is 183 Å². The van der Waals surface area contributed by atoms with E-state index in [0.29, 0.717) is 52.6 Å². The van der Waals surface area contributed by atoms with Gasteiger partial charge in [-0.2, -0.15) is 11.8 Å². The number of thioether (sulfide) groups is 1. The summed E-state index contributed by atoms with van der Waals surface area (Å²) in [5.74, 6) is -2.92. The first-order valence-electron chi connectivity index (χ1n) is 29.2. The maximum atomic E-state index is 17.3. The second-order valence-electron chi connectivity index (χ2n) is 24.7. The van der Waals surface area contributed by atoms with Gasteiger partial charge in [0.25, 0.3) is 0 Å². The molecule has 18 heteroatoms. The molecule has 3 aromatic rings. The van der Waals surface area contributed by atoms with Gasteiger partial charge < -0.3 is 42.4 Å². The minimum absolute atomic E-state index is 0.205. The molecule has 2 bridgehead atoms. The first-order chi connectivity index (χ1) is 38.2. The molecule has 15 nitrogen and oxygen atoms in total. The van der Waals surface area contributed by atoms with Crippen molar-refractivity contribution in [3.8, 4) is 5.75 Å². The van der Waals surface area contributed by atoms with E-state index in [9.17, 15) is 14.7 Å². The second kappa shape index (κ2) is 23.7. The first-order valence-corrected chi connectivity index (χ1v) is 35.3. The first kappa shape index (κ1) is 62.2. The van der Waals surface area contributed by atoms with E-state index in [-0.39, 0.29) is 23.5 Å². The number of amides is 1. The van der Waals surface area contributed by atoms with E-state index in [1.54, 1.807) is 106 Å². The van der Waals surface area contributed by atoms with Gasteiger partial charge in [-0.3, -0.25) is 14.5 Å². The van der Waals surface area contributed by atoms with Gasteiger partial charge in [0, 0.05) is 35.3 Å². The van der Waals surface area contributed by atoms with Crippen molar-refractivity contribution in [2.75, 3.05) is 12.9 Å². The van der Waals surface area contributed by atoms with Crippen LogP contribution in [0.25, 0.3) is 0 Å². The fourth-order valence-electron chi connectivity index (χ4n) is 14.0. The fourth-order valence-corrected chi connectivity index (χ4v) is 21.2. The van der Waals surface area contributed by atoms with Crippen LogP contribution in [0.4, 0.5) is 4.79 Å². The van der Waals surface area contributed by atoms with E-state index in [4.69, 9.17) is 37.3 Å². The van der Waals surface area contributed by atoms with E-state index in [1.807, 2.05) is 45.9 Å². The van der Waals surface area contributed by atoms with E-state index >= 15 is 14.4 Å². The average Bonchev–Trinajstić information content (AvgIpc) is 3.33. The normalized spacial score (nSPS) is 30.9. The molecule has 4 fully saturated rings. The van der Waals surface area contributed by atoms with Crippen LogP contribution in [0.3, 0.4) is 0 Å². The Labute approximate surface area is 486 Å². The van der Waals surface area contributed by atoms with Gasteiger partial charge in [0.15, 0.2) is 34.7 Å². The van der Waals surface area contributed by atoms with Gasteiger partial charge in [0.2, 0.25) is 0 Å². The van der Waals surface area contributed by atoms with Gasteiger partial charge in [-0.25, -0.2) is 14.4 Å². The molecule has 0 unspecified atom stereocenters. The van der Waals surface area contributed by atoms with Gasteiger partial charge in [-0.15, -0.1) is 0 Å². The minimum Gasteiger partial charge on any atom is -0.497 e. The van der Waals surface area contributed by atoms with Crippen LogP contribution >= 0.6 is 11.8 Å². The summed E-state index contributed by atoms with van der Waals surface area (Å²) in [7, 11) is -3.84. The standard InChI is InChI=1S/C63H87NO14SSi2/c1-16-80(17-2,18-3)77-46-36-47-62(38-79-47,75-40(8)65)52-54(74-56(67)43-30-26-23-27-31-43)63(70)37-45(39(7)48(60(63,12)13)50(53(66)61(46,52)14)78-81(19-4,20-5)21-6)72-57(68)51-49(41-28-24-22-25-29-41)64(58(69)76-59(9,10)11)55(73-51)42-32-34-44(71-15)35-33-42/h22-35,45-47,49-52,54-55,70H,16-21,36-38H2,1-15H3/t45-,46-,47+,49-,50+,51+,52-,54-,55+,61+,62-,63+/m0/s1. The maximum Gasteiger partial charge on any atom is 0.413 e. The number of ether oxygens (including phenoxy) is 6. The van der Waals surface area contributed by atoms with Crippen LogP contribution in [0.15, 0.2) is 96.1 Å². The predicted octanol–water partition coefficient (Wildman–Crippen LogP) is 12.5. The zero-order valence-corrected chi connectivity index (χ0v) is 53.1. The molecule has 2 heterocycles. The third kappa shape index (κ3) is 11.0. The number of ketones is 1. The van der Waals surface area contributed by atoms with Crippen LogP contribution in [0.5, 0.6) is 5.75 Å². The Hall–Kier alpha value is -4.83. The molecule has 5 aliphatic rings. The molecule has 2 saturated heterocycles. The number of esters is 3. The van der Waals surface area contributed by atoms with Gasteiger partial charge in [-0.1, -0.05) is 116 Å². The number of methoxy groups -OCH3 is 1. The highest BCUT2D eigenvalue weighted by Crippen LogP contribution is 2.68. The SMILES string of the molecule is CC[Si](CC)(CC)O[C@H]1C(=O)[C@]2(C)[C@@H](O[Si](CC)(CC)CC)C[C@H]3SC[C@@]3(OC(C)=O)[C@H]2[C@H](OC(=O)c2ccccc2)[C@]2(O)C[C@H](OC(=O)[C@@H]3O[C@H](c4ccc(OC)cc4)N(C(=O)OC(C)(C)C)[C@H]3c3ccccc3)C(C)=C1C2(C)C. The van der Waals surface area contributed by atoms with Gasteiger partial charge >= 0.3 is 24.0 Å². The molecule has 1 N–H and O–H groups in total. The lowest BCUT2D eigenvalue weighted by Crippen LogP contribution is -2.80. The number of carbonyl (C=O) groups is 5. The largest absolute Gasteiger partial charge is 0.497 e. The van der Waals surface area contributed by atoms with Crippen LogP contribution in [0, 0.1) is 16.7 Å². The summed E-state index contributed by atoms with van der Waals surface area (Å²) in [6, 6.07) is 27.8. The Morgan fingerprint density at radius 2 is 1.36 bits per heavy atom. The third-order valence-corrected chi connectivity index (χ3v) is 30.1. The van der Waals surface area contributed by atoms with E-state index < -0.39 is 122 Å². The molecule has 0 spiro atoms. The zero-order valence-electron chi connectivity index (χ0n) is 50.3. The lowest BCUT2D eigenvalue weighted by atomic mass is 9.45. The molecular weight excluding hydrogens is 1080 g/mol. The van der Waals surface area contributed by atoms with Crippen molar-refractivity contribution in [1.29, 1.82) is 0 Å². The van der Waals surface area contributed by atoms with Crippen LogP contribution in [0.2, 0.25) is 36.3 Å². The molecule has 0 aromatic heterocycles. The number of hydrogen-bond donors (Lipinski definition) is 1. The van der Waals surface area contributed by atoms with Crippen molar-refractivity contribution >= 4 is 58.2 Å². The molecule has 1 amide bonds. The summed E-state index contributed by atoms with van der Waals surface area (Å²) in [4.78, 5) is 78.1. The van der Waals surface area contributed by atoms with Crippen molar-refractivity contribution in [1.82, 2.24) is 4.90 Å². The number of hydrogen-bond acceptors (Lipinski definition) is 15. The van der Waals surface area contributed by atoms with Crippen molar-refractivity contribution in [2.24, 2.45) is 16.7 Å². The number of nitrogens with zero attached hydrogens (tertiary/aromatic N) is 1. The monoisotopic (exact) mass is 1170 g/mol. The van der Waals surface area contributed by atoms with Crippen LogP contribution in [-0.4, -0.2) is 122 Å². The van der Waals surface area contributed by atoms with Crippen LogP contribution in [-0.2, 0) is 46.9 Å². The number of aliphatic hydroxyl groups is 1. The van der Waals surface area contributed by atoms with Crippen molar-refractivity contribution in [3.63, 3.8) is 0 Å².